The zero-order chi connectivity index (χ0) is 14.5. The molecule has 1 aromatic rings. The van der Waals surface area contributed by atoms with Crippen LogP contribution in [0.4, 0.5) is 0 Å². The second kappa shape index (κ2) is 7.16. The van der Waals surface area contributed by atoms with Crippen molar-refractivity contribution < 1.29 is 4.74 Å². The Bertz CT molecular complexity index is 392. The van der Waals surface area contributed by atoms with Crippen LogP contribution in [0.5, 0.6) is 0 Å². The van der Waals surface area contributed by atoms with Crippen molar-refractivity contribution in [1.29, 1.82) is 0 Å². The van der Waals surface area contributed by atoms with E-state index in [1.807, 2.05) is 18.5 Å². The number of hydrogen-bond acceptors (Lipinski definition) is 4. The van der Waals surface area contributed by atoms with Gasteiger partial charge in [-0.2, -0.15) is 0 Å². The molecular weight excluding hydrogens is 250 g/mol. The summed E-state index contributed by atoms with van der Waals surface area (Å²) in [6, 6.07) is 4.93. The van der Waals surface area contributed by atoms with Crippen LogP contribution in [0.3, 0.4) is 0 Å². The lowest BCUT2D eigenvalue weighted by molar-refractivity contribution is 0.0718. The Morgan fingerprint density at radius 3 is 2.70 bits per heavy atom. The molecule has 112 valence electrons. The maximum atomic E-state index is 6.29. The Kier molecular flexibility index (Phi) is 5.52. The molecule has 4 nitrogen and oxygen atoms in total. The van der Waals surface area contributed by atoms with Gasteiger partial charge in [0, 0.05) is 38.1 Å². The normalized spacial score (nSPS) is 19.9. The van der Waals surface area contributed by atoms with Crippen LogP contribution < -0.4 is 5.73 Å². The zero-order valence-corrected chi connectivity index (χ0v) is 12.8. The highest BCUT2D eigenvalue weighted by Gasteiger charge is 2.36. The van der Waals surface area contributed by atoms with Crippen LogP contribution in [-0.2, 0) is 4.74 Å². The molecule has 0 aromatic carbocycles. The van der Waals surface area contributed by atoms with Crippen molar-refractivity contribution in [3.05, 3.63) is 30.1 Å². The molecule has 0 saturated heterocycles. The van der Waals surface area contributed by atoms with Crippen molar-refractivity contribution in [2.75, 3.05) is 20.3 Å². The molecule has 0 spiro atoms. The van der Waals surface area contributed by atoms with Gasteiger partial charge in [-0.25, -0.2) is 0 Å². The maximum Gasteiger partial charge on any atom is 0.0590 e. The van der Waals surface area contributed by atoms with Crippen LogP contribution in [0.25, 0.3) is 0 Å². The van der Waals surface area contributed by atoms with Crippen LogP contribution in [0.15, 0.2) is 24.5 Å². The predicted molar refractivity (Wildman–Crippen MR) is 81.4 cm³/mol. The summed E-state index contributed by atoms with van der Waals surface area (Å²) in [6.45, 7) is 6.05. The van der Waals surface area contributed by atoms with Crippen LogP contribution in [0.2, 0.25) is 0 Å². The number of pyridine rings is 1. The van der Waals surface area contributed by atoms with Crippen LogP contribution in [0, 0.1) is 5.92 Å². The van der Waals surface area contributed by atoms with E-state index in [0.717, 1.165) is 19.1 Å². The molecule has 2 rings (SSSR count). The van der Waals surface area contributed by atoms with E-state index in [2.05, 4.69) is 29.8 Å². The number of ether oxygens (including phenoxy) is 1. The summed E-state index contributed by atoms with van der Waals surface area (Å²) in [5.74, 6) is 0.810. The van der Waals surface area contributed by atoms with Crippen LogP contribution in [0.1, 0.15) is 38.3 Å². The number of nitrogens with zero attached hydrogens (tertiary/aromatic N) is 2. The van der Waals surface area contributed by atoms with Crippen LogP contribution in [-0.4, -0.2) is 42.2 Å². The quantitative estimate of drug-likeness (QED) is 0.791. The number of hydrogen-bond donors (Lipinski definition) is 1. The molecule has 0 amide bonds. The second-order valence-electron chi connectivity index (χ2n) is 5.90. The molecule has 1 fully saturated rings. The average molecular weight is 277 g/mol. The van der Waals surface area contributed by atoms with Crippen molar-refractivity contribution >= 4 is 0 Å². The first-order chi connectivity index (χ1) is 9.65. The third-order valence-electron chi connectivity index (χ3n) is 4.26. The second-order valence-corrected chi connectivity index (χ2v) is 5.90. The molecule has 1 aliphatic carbocycles. The Morgan fingerprint density at radius 1 is 1.45 bits per heavy atom. The van der Waals surface area contributed by atoms with E-state index in [1.165, 1.54) is 18.4 Å². The third kappa shape index (κ3) is 3.78. The van der Waals surface area contributed by atoms with E-state index in [9.17, 15) is 0 Å². The lowest BCUT2D eigenvalue weighted by Crippen LogP contribution is -2.46. The van der Waals surface area contributed by atoms with Gasteiger partial charge in [0.15, 0.2) is 0 Å². The van der Waals surface area contributed by atoms with Crippen molar-refractivity contribution in [3.8, 4) is 0 Å². The molecule has 0 bridgehead atoms. The minimum Gasteiger partial charge on any atom is -0.383 e. The fraction of sp³-hybridized carbons (Fsp3) is 0.688. The monoisotopic (exact) mass is 277 g/mol. The van der Waals surface area contributed by atoms with Gasteiger partial charge < -0.3 is 10.5 Å². The molecule has 1 aliphatic rings. The highest BCUT2D eigenvalue weighted by molar-refractivity contribution is 5.16. The van der Waals surface area contributed by atoms with Crippen molar-refractivity contribution in [2.24, 2.45) is 11.7 Å². The molecule has 2 N–H and O–H groups in total. The highest BCUT2D eigenvalue weighted by Crippen LogP contribution is 2.38. The summed E-state index contributed by atoms with van der Waals surface area (Å²) in [6.07, 6.45) is 6.42. The molecule has 3 atom stereocenters. The van der Waals surface area contributed by atoms with E-state index in [1.54, 1.807) is 7.11 Å². The summed E-state index contributed by atoms with van der Waals surface area (Å²) < 4.78 is 5.29. The predicted octanol–water partition coefficient (Wildman–Crippen LogP) is 2.22. The van der Waals surface area contributed by atoms with Gasteiger partial charge in [0.05, 0.1) is 12.6 Å². The Morgan fingerprint density at radius 2 is 2.20 bits per heavy atom. The Labute approximate surface area is 122 Å². The first-order valence-electron chi connectivity index (χ1n) is 7.55. The minimum absolute atomic E-state index is 0.0669. The Hall–Kier alpha value is -0.970. The fourth-order valence-corrected chi connectivity index (χ4v) is 2.99. The first-order valence-corrected chi connectivity index (χ1v) is 7.55. The molecular formula is C16H27N3O. The van der Waals surface area contributed by atoms with Crippen molar-refractivity contribution in [2.45, 2.75) is 44.8 Å². The molecule has 3 unspecified atom stereocenters. The van der Waals surface area contributed by atoms with Gasteiger partial charge >= 0.3 is 0 Å². The molecule has 20 heavy (non-hydrogen) atoms. The molecule has 0 radical (unpaired) electrons. The SMILES string of the molecule is COCCN(C(C)C1CC1)C(c1cccnc1)C(C)N. The summed E-state index contributed by atoms with van der Waals surface area (Å²) in [5.41, 5.74) is 7.49. The third-order valence-corrected chi connectivity index (χ3v) is 4.26. The first kappa shape index (κ1) is 15.4. The van der Waals surface area contributed by atoms with E-state index in [4.69, 9.17) is 10.5 Å². The van der Waals surface area contributed by atoms with Gasteiger partial charge in [0.1, 0.15) is 0 Å². The highest BCUT2D eigenvalue weighted by atomic mass is 16.5. The van der Waals surface area contributed by atoms with Gasteiger partial charge in [-0.3, -0.25) is 9.88 Å². The van der Waals surface area contributed by atoms with Crippen molar-refractivity contribution in [1.82, 2.24) is 9.88 Å². The standard InChI is InChI=1S/C16H27N3O/c1-12(17)16(15-5-4-8-18-11-15)19(9-10-20-3)13(2)14-6-7-14/h4-5,8,11-14,16H,6-7,9-10,17H2,1-3H3. The number of methoxy groups -OCH3 is 1. The fourth-order valence-electron chi connectivity index (χ4n) is 2.99. The lowest BCUT2D eigenvalue weighted by atomic mass is 9.98. The van der Waals surface area contributed by atoms with E-state index in [0.29, 0.717) is 6.04 Å². The largest absolute Gasteiger partial charge is 0.383 e. The summed E-state index contributed by atoms with van der Waals surface area (Å²) in [7, 11) is 1.75. The number of aromatic nitrogens is 1. The van der Waals surface area contributed by atoms with Crippen LogP contribution >= 0.6 is 0 Å². The maximum absolute atomic E-state index is 6.29. The molecule has 0 aliphatic heterocycles. The Balaban J connectivity index is 2.21. The van der Waals surface area contributed by atoms with E-state index in [-0.39, 0.29) is 12.1 Å². The number of nitrogens with two attached hydrogens (primary N) is 1. The van der Waals surface area contributed by atoms with Gasteiger partial charge in [-0.05, 0) is 44.2 Å². The summed E-state index contributed by atoms with van der Waals surface area (Å²) in [5, 5.41) is 0. The van der Waals surface area contributed by atoms with Gasteiger partial charge in [0.2, 0.25) is 0 Å². The molecule has 4 heteroatoms. The van der Waals surface area contributed by atoms with Gasteiger partial charge in [0.25, 0.3) is 0 Å². The molecule has 1 heterocycles. The summed E-state index contributed by atoms with van der Waals surface area (Å²) in [4.78, 5) is 6.76. The minimum atomic E-state index is 0.0669. The average Bonchev–Trinajstić information content (AvgIpc) is 3.27. The smallest absolute Gasteiger partial charge is 0.0590 e. The zero-order valence-electron chi connectivity index (χ0n) is 12.8. The molecule has 1 aromatic heterocycles. The van der Waals surface area contributed by atoms with E-state index >= 15 is 0 Å². The number of rotatable bonds is 8. The van der Waals surface area contributed by atoms with Gasteiger partial charge in [-0.15, -0.1) is 0 Å². The summed E-state index contributed by atoms with van der Waals surface area (Å²) >= 11 is 0. The van der Waals surface area contributed by atoms with Gasteiger partial charge in [-0.1, -0.05) is 6.07 Å². The molecule has 1 saturated carbocycles. The lowest BCUT2D eigenvalue weighted by Gasteiger charge is -2.39. The van der Waals surface area contributed by atoms with E-state index < -0.39 is 0 Å². The topological polar surface area (TPSA) is 51.4 Å². The van der Waals surface area contributed by atoms with Crippen molar-refractivity contribution in [3.63, 3.8) is 0 Å².